The van der Waals surface area contributed by atoms with Gasteiger partial charge in [-0.15, -0.1) is 0 Å². The minimum atomic E-state index is -0.304. The normalized spacial score (nSPS) is 10.8. The van der Waals surface area contributed by atoms with Crippen molar-refractivity contribution in [3.8, 4) is 5.82 Å². The zero-order valence-corrected chi connectivity index (χ0v) is 17.0. The molecule has 0 fully saturated rings. The quantitative estimate of drug-likeness (QED) is 0.618. The molecule has 8 heteroatoms. The molecule has 2 amide bonds. The van der Waals surface area contributed by atoms with Gasteiger partial charge in [0.05, 0.1) is 11.9 Å². The van der Waals surface area contributed by atoms with Crippen LogP contribution in [0.5, 0.6) is 0 Å². The van der Waals surface area contributed by atoms with E-state index in [1.165, 1.54) is 6.33 Å². The summed E-state index contributed by atoms with van der Waals surface area (Å²) in [6, 6.07) is 10.8. The summed E-state index contributed by atoms with van der Waals surface area (Å²) in [5.74, 6) is 0.524. The van der Waals surface area contributed by atoms with Gasteiger partial charge in [-0.25, -0.2) is 9.97 Å². The number of pyridine rings is 1. The molecule has 0 saturated carbocycles. The lowest BCUT2D eigenvalue weighted by atomic mass is 10.1. The monoisotopic (exact) mass is 411 g/mol. The van der Waals surface area contributed by atoms with E-state index in [4.69, 9.17) is 11.6 Å². The van der Waals surface area contributed by atoms with Gasteiger partial charge < -0.3 is 10.6 Å². The first kappa shape index (κ1) is 20.5. The highest BCUT2D eigenvalue weighted by atomic mass is 35.5. The van der Waals surface area contributed by atoms with Crippen molar-refractivity contribution >= 4 is 29.1 Å². The fourth-order valence-corrected chi connectivity index (χ4v) is 2.87. The Balaban J connectivity index is 1.61. The molecule has 3 rings (SSSR count). The molecule has 0 spiro atoms. The number of carbonyl (C=O) groups is 2. The van der Waals surface area contributed by atoms with Crippen molar-refractivity contribution < 1.29 is 9.59 Å². The molecule has 0 bridgehead atoms. The summed E-state index contributed by atoms with van der Waals surface area (Å²) >= 11 is 6.10. The number of halogens is 1. The van der Waals surface area contributed by atoms with E-state index in [2.05, 4.69) is 20.6 Å². The maximum atomic E-state index is 12.3. The molecule has 2 N–H and O–H groups in total. The predicted molar refractivity (Wildman–Crippen MR) is 112 cm³/mol. The maximum Gasteiger partial charge on any atom is 0.271 e. The van der Waals surface area contributed by atoms with E-state index in [1.54, 1.807) is 35.2 Å². The highest BCUT2D eigenvalue weighted by Crippen LogP contribution is 2.15. The zero-order valence-electron chi connectivity index (χ0n) is 16.2. The molecule has 0 atom stereocenters. The van der Waals surface area contributed by atoms with Crippen LogP contribution >= 0.6 is 11.6 Å². The number of rotatable bonds is 7. The van der Waals surface area contributed by atoms with Gasteiger partial charge in [-0.2, -0.15) is 0 Å². The number of aromatic nitrogens is 3. The molecule has 2 aromatic heterocycles. The van der Waals surface area contributed by atoms with Gasteiger partial charge in [-0.1, -0.05) is 43.6 Å². The molecule has 0 aliphatic heterocycles. The van der Waals surface area contributed by atoms with Gasteiger partial charge in [0, 0.05) is 24.2 Å². The van der Waals surface area contributed by atoms with Crippen LogP contribution in [0.25, 0.3) is 5.82 Å². The number of hydrogen-bond donors (Lipinski definition) is 2. The third-order valence-electron chi connectivity index (χ3n) is 4.10. The maximum absolute atomic E-state index is 12.3. The molecule has 0 aliphatic rings. The first-order valence-corrected chi connectivity index (χ1v) is 9.62. The molecule has 0 saturated heterocycles. The van der Waals surface area contributed by atoms with Gasteiger partial charge in [-0.05, 0) is 29.7 Å². The van der Waals surface area contributed by atoms with Crippen LogP contribution < -0.4 is 10.6 Å². The average Bonchev–Trinajstić information content (AvgIpc) is 3.17. The number of hydrogen-bond acceptors (Lipinski definition) is 4. The molecular formula is C21H22ClN5O2. The smallest absolute Gasteiger partial charge is 0.271 e. The van der Waals surface area contributed by atoms with Gasteiger partial charge in [0.15, 0.2) is 0 Å². The second-order valence-electron chi connectivity index (χ2n) is 6.99. The summed E-state index contributed by atoms with van der Waals surface area (Å²) in [5, 5.41) is 6.21. The molecule has 29 heavy (non-hydrogen) atoms. The molecule has 7 nitrogen and oxygen atoms in total. The summed E-state index contributed by atoms with van der Waals surface area (Å²) in [5.41, 5.74) is 1.73. The minimum absolute atomic E-state index is 0.0466. The standard InChI is InChI=1S/C21H22ClN5O2/c1-14(2)9-20(28)26-16-7-8-19(23-11-16)27-12-18(25-13-27)21(29)24-10-15-5-3-4-6-17(15)22/h3-8,11-14H,9-10H2,1-2H3,(H,24,29)(H,26,28). The Morgan fingerprint density at radius 1 is 1.14 bits per heavy atom. The van der Waals surface area contributed by atoms with Crippen LogP contribution in [-0.2, 0) is 11.3 Å². The number of nitrogens with one attached hydrogen (secondary N) is 2. The van der Waals surface area contributed by atoms with E-state index in [9.17, 15) is 9.59 Å². The lowest BCUT2D eigenvalue weighted by Crippen LogP contribution is -2.23. The van der Waals surface area contributed by atoms with E-state index in [1.807, 2.05) is 32.0 Å². The van der Waals surface area contributed by atoms with E-state index in [0.717, 1.165) is 5.56 Å². The Morgan fingerprint density at radius 2 is 1.93 bits per heavy atom. The van der Waals surface area contributed by atoms with Crippen LogP contribution in [0.15, 0.2) is 55.1 Å². The first-order valence-electron chi connectivity index (χ1n) is 9.24. The van der Waals surface area contributed by atoms with Crippen molar-refractivity contribution in [2.24, 2.45) is 5.92 Å². The van der Waals surface area contributed by atoms with Crippen molar-refractivity contribution in [1.29, 1.82) is 0 Å². The van der Waals surface area contributed by atoms with Gasteiger partial charge in [-0.3, -0.25) is 14.2 Å². The molecule has 0 unspecified atom stereocenters. The molecule has 0 aliphatic carbocycles. The van der Waals surface area contributed by atoms with Gasteiger partial charge in [0.25, 0.3) is 5.91 Å². The third kappa shape index (κ3) is 5.65. The number of nitrogens with zero attached hydrogens (tertiary/aromatic N) is 3. The van der Waals surface area contributed by atoms with Gasteiger partial charge >= 0.3 is 0 Å². The fraction of sp³-hybridized carbons (Fsp3) is 0.238. The van der Waals surface area contributed by atoms with Crippen molar-refractivity contribution in [2.75, 3.05) is 5.32 Å². The second-order valence-corrected chi connectivity index (χ2v) is 7.40. The first-order chi connectivity index (χ1) is 13.9. The van der Waals surface area contributed by atoms with Gasteiger partial charge in [0.1, 0.15) is 17.8 Å². The number of imidazole rings is 1. The Morgan fingerprint density at radius 3 is 2.62 bits per heavy atom. The molecular weight excluding hydrogens is 390 g/mol. The van der Waals surface area contributed by atoms with Crippen LogP contribution in [-0.4, -0.2) is 26.3 Å². The number of anilines is 1. The van der Waals surface area contributed by atoms with E-state index >= 15 is 0 Å². The highest BCUT2D eigenvalue weighted by Gasteiger charge is 2.11. The summed E-state index contributed by atoms with van der Waals surface area (Å²) in [6.45, 7) is 4.29. The van der Waals surface area contributed by atoms with Crippen molar-refractivity contribution in [1.82, 2.24) is 19.9 Å². The summed E-state index contributed by atoms with van der Waals surface area (Å²) in [4.78, 5) is 32.6. The largest absolute Gasteiger partial charge is 0.347 e. The molecule has 1 aromatic carbocycles. The molecule has 2 heterocycles. The topological polar surface area (TPSA) is 88.9 Å². The summed E-state index contributed by atoms with van der Waals surface area (Å²) < 4.78 is 1.64. The Hall–Kier alpha value is -3.19. The lowest BCUT2D eigenvalue weighted by molar-refractivity contribution is -0.116. The van der Waals surface area contributed by atoms with E-state index < -0.39 is 0 Å². The van der Waals surface area contributed by atoms with Gasteiger partial charge in [0.2, 0.25) is 5.91 Å². The number of amides is 2. The minimum Gasteiger partial charge on any atom is -0.347 e. The van der Waals surface area contributed by atoms with Crippen LogP contribution in [0.4, 0.5) is 5.69 Å². The summed E-state index contributed by atoms with van der Waals surface area (Å²) in [7, 11) is 0. The van der Waals surface area contributed by atoms with Crippen LogP contribution in [0.1, 0.15) is 36.3 Å². The predicted octanol–water partition coefficient (Wildman–Crippen LogP) is 3.84. The molecule has 3 aromatic rings. The SMILES string of the molecule is CC(C)CC(=O)Nc1ccc(-n2cnc(C(=O)NCc3ccccc3Cl)c2)nc1. The molecule has 150 valence electrons. The molecule has 0 radical (unpaired) electrons. The second kappa shape index (κ2) is 9.34. The Bertz CT molecular complexity index is 998. The van der Waals surface area contributed by atoms with Crippen LogP contribution in [0.3, 0.4) is 0 Å². The average molecular weight is 412 g/mol. The van der Waals surface area contributed by atoms with Crippen LogP contribution in [0.2, 0.25) is 5.02 Å². The summed E-state index contributed by atoms with van der Waals surface area (Å²) in [6.07, 6.45) is 5.14. The van der Waals surface area contributed by atoms with E-state index in [-0.39, 0.29) is 23.4 Å². The highest BCUT2D eigenvalue weighted by molar-refractivity contribution is 6.31. The lowest BCUT2D eigenvalue weighted by Gasteiger charge is -2.07. The number of benzene rings is 1. The van der Waals surface area contributed by atoms with Crippen molar-refractivity contribution in [3.63, 3.8) is 0 Å². The van der Waals surface area contributed by atoms with Crippen molar-refractivity contribution in [2.45, 2.75) is 26.8 Å². The number of carbonyl (C=O) groups excluding carboxylic acids is 2. The van der Waals surface area contributed by atoms with Crippen molar-refractivity contribution in [3.05, 3.63) is 71.4 Å². The third-order valence-corrected chi connectivity index (χ3v) is 4.47. The van der Waals surface area contributed by atoms with E-state index in [0.29, 0.717) is 29.5 Å². The van der Waals surface area contributed by atoms with Crippen LogP contribution in [0, 0.1) is 5.92 Å². The zero-order chi connectivity index (χ0) is 20.8. The Labute approximate surface area is 174 Å². The fourth-order valence-electron chi connectivity index (χ4n) is 2.67. The Kier molecular flexibility index (Phi) is 6.61.